The number of halogens is 1. The molecule has 2 heterocycles. The molecule has 140 valence electrons. The molecule has 2 aliphatic rings. The van der Waals surface area contributed by atoms with Gasteiger partial charge in [-0.2, -0.15) is 0 Å². The number of esters is 1. The van der Waals surface area contributed by atoms with Crippen molar-refractivity contribution < 1.29 is 28.5 Å². The Balaban J connectivity index is 1.52. The van der Waals surface area contributed by atoms with E-state index in [1.807, 2.05) is 13.8 Å². The smallest absolute Gasteiger partial charge is 0.331 e. The predicted octanol–water partition coefficient (Wildman–Crippen LogP) is 2.26. The molecule has 0 bridgehead atoms. The Bertz CT molecular complexity index is 725. The third-order valence-corrected chi connectivity index (χ3v) is 4.25. The fourth-order valence-electron chi connectivity index (χ4n) is 2.90. The first kappa shape index (κ1) is 18.5. The molecule has 7 nitrogen and oxygen atoms in total. The zero-order valence-electron chi connectivity index (χ0n) is 14.6. The average molecular weight is 382 g/mol. The van der Waals surface area contributed by atoms with Gasteiger partial charge in [-0.3, -0.25) is 4.79 Å². The van der Waals surface area contributed by atoms with Crippen LogP contribution in [-0.4, -0.2) is 55.5 Å². The van der Waals surface area contributed by atoms with Gasteiger partial charge in [0.15, 0.2) is 18.1 Å². The third kappa shape index (κ3) is 4.47. The van der Waals surface area contributed by atoms with Crippen LogP contribution in [0.3, 0.4) is 0 Å². The number of fused-ring (bicyclic) bond motifs is 1. The molecule has 1 amide bonds. The number of ether oxygens (including phenoxy) is 4. The van der Waals surface area contributed by atoms with Crippen LogP contribution in [0, 0.1) is 0 Å². The second kappa shape index (κ2) is 7.97. The molecule has 0 aromatic heterocycles. The first-order valence-electron chi connectivity index (χ1n) is 8.29. The Labute approximate surface area is 156 Å². The summed E-state index contributed by atoms with van der Waals surface area (Å²) in [5.74, 6) is 0.170. The summed E-state index contributed by atoms with van der Waals surface area (Å²) >= 11 is 6.09. The van der Waals surface area contributed by atoms with E-state index in [4.69, 9.17) is 30.5 Å². The summed E-state index contributed by atoms with van der Waals surface area (Å²) in [4.78, 5) is 25.7. The molecule has 1 fully saturated rings. The lowest BCUT2D eigenvalue weighted by Crippen LogP contribution is -2.49. The Morgan fingerprint density at radius 1 is 1.27 bits per heavy atom. The molecule has 1 saturated heterocycles. The second-order valence-electron chi connectivity index (χ2n) is 6.23. The van der Waals surface area contributed by atoms with Crippen LogP contribution in [0.4, 0.5) is 0 Å². The van der Waals surface area contributed by atoms with Crippen LogP contribution in [0.2, 0.25) is 5.02 Å². The van der Waals surface area contributed by atoms with E-state index in [1.54, 1.807) is 23.1 Å². The molecule has 0 unspecified atom stereocenters. The summed E-state index contributed by atoms with van der Waals surface area (Å²) in [5.41, 5.74) is 0.665. The molecule has 1 aromatic carbocycles. The summed E-state index contributed by atoms with van der Waals surface area (Å²) in [7, 11) is 0. The van der Waals surface area contributed by atoms with Crippen LogP contribution in [0.1, 0.15) is 19.4 Å². The molecule has 0 aliphatic carbocycles. The minimum absolute atomic E-state index is 0.0333. The fraction of sp³-hybridized carbons (Fsp3) is 0.444. The van der Waals surface area contributed by atoms with E-state index in [0.717, 1.165) is 0 Å². The van der Waals surface area contributed by atoms with E-state index in [1.165, 1.54) is 6.08 Å². The molecular weight excluding hydrogens is 362 g/mol. The molecule has 2 aliphatic heterocycles. The topological polar surface area (TPSA) is 74.3 Å². The zero-order valence-corrected chi connectivity index (χ0v) is 15.3. The van der Waals surface area contributed by atoms with Crippen LogP contribution in [0.25, 0.3) is 6.08 Å². The van der Waals surface area contributed by atoms with Gasteiger partial charge >= 0.3 is 5.97 Å². The van der Waals surface area contributed by atoms with Gasteiger partial charge in [-0.05, 0) is 37.6 Å². The Morgan fingerprint density at radius 2 is 2.00 bits per heavy atom. The normalized spacial score (nSPS) is 21.9. The quantitative estimate of drug-likeness (QED) is 0.588. The molecule has 1 aromatic rings. The van der Waals surface area contributed by atoms with E-state index in [2.05, 4.69) is 0 Å². The maximum absolute atomic E-state index is 12.2. The maximum atomic E-state index is 12.2. The number of carbonyl (C=O) groups excluding carboxylic acids is 2. The Kier molecular flexibility index (Phi) is 5.68. The molecule has 8 heteroatoms. The number of morpholine rings is 1. The first-order valence-corrected chi connectivity index (χ1v) is 8.67. The minimum atomic E-state index is -0.610. The van der Waals surface area contributed by atoms with Crippen molar-refractivity contribution >= 4 is 29.6 Å². The SMILES string of the molecule is C[C@H]1CN(C(=O)COC(=O)/C=C/c2cc(Cl)c3c(c2)OCO3)C[C@H](C)O1. The van der Waals surface area contributed by atoms with Gasteiger partial charge in [0.1, 0.15) is 0 Å². The van der Waals surface area contributed by atoms with Gasteiger partial charge in [0, 0.05) is 19.2 Å². The predicted molar refractivity (Wildman–Crippen MR) is 94.2 cm³/mol. The molecule has 3 rings (SSSR count). The number of hydrogen-bond acceptors (Lipinski definition) is 6. The summed E-state index contributed by atoms with van der Waals surface area (Å²) in [5, 5.41) is 0.402. The average Bonchev–Trinajstić information content (AvgIpc) is 3.06. The Hall–Kier alpha value is -2.25. The molecule has 0 spiro atoms. The van der Waals surface area contributed by atoms with Crippen molar-refractivity contribution in [2.75, 3.05) is 26.5 Å². The van der Waals surface area contributed by atoms with Crippen LogP contribution in [-0.2, 0) is 19.1 Å². The van der Waals surface area contributed by atoms with Crippen LogP contribution < -0.4 is 9.47 Å². The maximum Gasteiger partial charge on any atom is 0.331 e. The van der Waals surface area contributed by atoms with Crippen molar-refractivity contribution in [3.63, 3.8) is 0 Å². The van der Waals surface area contributed by atoms with Crippen molar-refractivity contribution in [3.05, 3.63) is 28.8 Å². The van der Waals surface area contributed by atoms with Gasteiger partial charge in [-0.1, -0.05) is 11.6 Å². The van der Waals surface area contributed by atoms with E-state index in [0.29, 0.717) is 35.2 Å². The van der Waals surface area contributed by atoms with Crippen molar-refractivity contribution in [1.29, 1.82) is 0 Å². The highest BCUT2D eigenvalue weighted by atomic mass is 35.5. The van der Waals surface area contributed by atoms with E-state index < -0.39 is 5.97 Å². The van der Waals surface area contributed by atoms with E-state index in [9.17, 15) is 9.59 Å². The van der Waals surface area contributed by atoms with Crippen molar-refractivity contribution in [2.24, 2.45) is 0 Å². The van der Waals surface area contributed by atoms with Crippen molar-refractivity contribution in [3.8, 4) is 11.5 Å². The van der Waals surface area contributed by atoms with Gasteiger partial charge in [-0.15, -0.1) is 0 Å². The number of hydrogen-bond donors (Lipinski definition) is 0. The minimum Gasteiger partial charge on any atom is -0.454 e. The lowest BCUT2D eigenvalue weighted by Gasteiger charge is -2.35. The number of rotatable bonds is 4. The van der Waals surface area contributed by atoms with Gasteiger partial charge in [0.2, 0.25) is 6.79 Å². The molecular formula is C18H20ClNO6. The highest BCUT2D eigenvalue weighted by Crippen LogP contribution is 2.40. The summed E-state index contributed by atoms with van der Waals surface area (Å²) in [6.07, 6.45) is 2.72. The number of nitrogens with zero attached hydrogens (tertiary/aromatic N) is 1. The van der Waals surface area contributed by atoms with E-state index >= 15 is 0 Å². The highest BCUT2D eigenvalue weighted by Gasteiger charge is 2.26. The van der Waals surface area contributed by atoms with Gasteiger partial charge in [-0.25, -0.2) is 4.79 Å². The first-order chi connectivity index (χ1) is 12.4. The van der Waals surface area contributed by atoms with Crippen molar-refractivity contribution in [2.45, 2.75) is 26.1 Å². The molecule has 0 radical (unpaired) electrons. The number of benzene rings is 1. The largest absolute Gasteiger partial charge is 0.454 e. The van der Waals surface area contributed by atoms with Gasteiger partial charge < -0.3 is 23.8 Å². The molecule has 0 saturated carbocycles. The molecule has 2 atom stereocenters. The van der Waals surface area contributed by atoms with Gasteiger partial charge in [0.25, 0.3) is 5.91 Å². The summed E-state index contributed by atoms with van der Waals surface area (Å²) in [6, 6.07) is 3.36. The van der Waals surface area contributed by atoms with E-state index in [-0.39, 0.29) is 31.5 Å². The second-order valence-corrected chi connectivity index (χ2v) is 6.64. The standard InChI is InChI=1S/C18H20ClNO6/c1-11-7-20(8-12(2)26-11)16(21)9-23-17(22)4-3-13-5-14(19)18-15(6-13)24-10-25-18/h3-6,11-12H,7-10H2,1-2H3/b4-3+/t11-,12-/m0/s1. The van der Waals surface area contributed by atoms with Crippen molar-refractivity contribution in [1.82, 2.24) is 4.90 Å². The number of carbonyl (C=O) groups is 2. The highest BCUT2D eigenvalue weighted by molar-refractivity contribution is 6.32. The fourth-order valence-corrected chi connectivity index (χ4v) is 3.18. The lowest BCUT2D eigenvalue weighted by atomic mass is 10.2. The van der Waals surface area contributed by atoms with Crippen LogP contribution >= 0.6 is 11.6 Å². The molecule has 0 N–H and O–H groups in total. The van der Waals surface area contributed by atoms with Crippen LogP contribution in [0.15, 0.2) is 18.2 Å². The number of amides is 1. The Morgan fingerprint density at radius 3 is 2.73 bits per heavy atom. The van der Waals surface area contributed by atoms with Crippen LogP contribution in [0.5, 0.6) is 11.5 Å². The monoisotopic (exact) mass is 381 g/mol. The summed E-state index contributed by atoms with van der Waals surface area (Å²) < 4.78 is 21.1. The zero-order chi connectivity index (χ0) is 18.7. The third-order valence-electron chi connectivity index (χ3n) is 3.97. The lowest BCUT2D eigenvalue weighted by molar-refractivity contribution is -0.154. The summed E-state index contributed by atoms with van der Waals surface area (Å²) in [6.45, 7) is 4.61. The van der Waals surface area contributed by atoms with Gasteiger partial charge in [0.05, 0.1) is 17.2 Å². The molecule has 26 heavy (non-hydrogen) atoms.